The van der Waals surface area contributed by atoms with Gasteiger partial charge in [-0.1, -0.05) is 60.7 Å². The summed E-state index contributed by atoms with van der Waals surface area (Å²) in [4.78, 5) is 12.8. The van der Waals surface area contributed by atoms with Crippen molar-refractivity contribution in [2.75, 3.05) is 6.54 Å². The van der Waals surface area contributed by atoms with Crippen LogP contribution >= 0.6 is 0 Å². The standard InChI is InChI=1S/C25H32N2O4S/c1-25(2,3)31-24(28)26-22(17-20-11-6-4-7-12-20)18-23-15-10-16-27(32(23,29)30)19-21-13-8-5-9-14-21/h4-9,11-14,18,22H,10,15-17,19H2,1-3H3,(H,26,28)/b23-18+/t22-/m0/s1. The number of hydrogen-bond acceptors (Lipinski definition) is 4. The zero-order valence-electron chi connectivity index (χ0n) is 19.0. The van der Waals surface area contributed by atoms with Gasteiger partial charge in [0.1, 0.15) is 5.60 Å². The van der Waals surface area contributed by atoms with Gasteiger partial charge in [-0.3, -0.25) is 0 Å². The monoisotopic (exact) mass is 456 g/mol. The number of ether oxygens (including phenoxy) is 1. The minimum atomic E-state index is -3.62. The first-order valence-electron chi connectivity index (χ1n) is 10.9. The Kier molecular flexibility index (Phi) is 7.74. The molecule has 7 heteroatoms. The summed E-state index contributed by atoms with van der Waals surface area (Å²) in [5.74, 6) is 0. The molecule has 2 aromatic rings. The molecule has 2 aromatic carbocycles. The molecule has 1 aliphatic rings. The molecule has 0 spiro atoms. The molecular weight excluding hydrogens is 424 g/mol. The fraction of sp³-hybridized carbons (Fsp3) is 0.400. The lowest BCUT2D eigenvalue weighted by Gasteiger charge is -2.29. The number of amides is 1. The molecule has 0 aliphatic carbocycles. The van der Waals surface area contributed by atoms with E-state index in [-0.39, 0.29) is 0 Å². The summed E-state index contributed by atoms with van der Waals surface area (Å²) in [5, 5.41) is 2.85. The number of sulfonamides is 1. The average molecular weight is 457 g/mol. The predicted octanol–water partition coefficient (Wildman–Crippen LogP) is 4.63. The smallest absolute Gasteiger partial charge is 0.408 e. The van der Waals surface area contributed by atoms with Gasteiger partial charge in [0, 0.05) is 13.1 Å². The van der Waals surface area contributed by atoms with E-state index in [0.717, 1.165) is 17.5 Å². The number of alkyl carbamates (subject to hydrolysis) is 1. The topological polar surface area (TPSA) is 75.7 Å². The minimum absolute atomic E-state index is 0.337. The molecule has 0 saturated carbocycles. The number of benzene rings is 2. The van der Waals surface area contributed by atoms with Crippen LogP contribution in [0.4, 0.5) is 4.79 Å². The number of rotatable bonds is 6. The molecule has 0 radical (unpaired) electrons. The second-order valence-electron chi connectivity index (χ2n) is 9.00. The fourth-order valence-electron chi connectivity index (χ4n) is 3.67. The Morgan fingerprint density at radius 2 is 1.66 bits per heavy atom. The van der Waals surface area contributed by atoms with Gasteiger partial charge < -0.3 is 10.1 Å². The Bertz CT molecular complexity index is 1030. The van der Waals surface area contributed by atoms with Crippen molar-refractivity contribution in [1.82, 2.24) is 9.62 Å². The van der Waals surface area contributed by atoms with Crippen LogP contribution in [-0.2, 0) is 27.7 Å². The largest absolute Gasteiger partial charge is 0.444 e. The Morgan fingerprint density at radius 1 is 1.06 bits per heavy atom. The van der Waals surface area contributed by atoms with Gasteiger partial charge in [-0.25, -0.2) is 13.2 Å². The molecule has 0 unspecified atom stereocenters. The molecule has 1 saturated heterocycles. The zero-order valence-corrected chi connectivity index (χ0v) is 19.8. The molecule has 1 heterocycles. The second-order valence-corrected chi connectivity index (χ2v) is 11.0. The maximum Gasteiger partial charge on any atom is 0.408 e. The van der Waals surface area contributed by atoms with Gasteiger partial charge in [0.25, 0.3) is 0 Å². The van der Waals surface area contributed by atoms with Gasteiger partial charge in [0.2, 0.25) is 10.0 Å². The Balaban J connectivity index is 1.84. The molecule has 3 rings (SSSR count). The third-order valence-electron chi connectivity index (χ3n) is 5.09. The predicted molar refractivity (Wildman–Crippen MR) is 126 cm³/mol. The van der Waals surface area contributed by atoms with Gasteiger partial charge in [-0.05, 0) is 57.2 Å². The van der Waals surface area contributed by atoms with E-state index in [0.29, 0.717) is 30.8 Å². The van der Waals surface area contributed by atoms with Gasteiger partial charge in [-0.2, -0.15) is 4.31 Å². The first kappa shape index (κ1) is 24.0. The summed E-state index contributed by atoms with van der Waals surface area (Å²) in [6.07, 6.45) is 2.78. The van der Waals surface area contributed by atoms with Crippen molar-refractivity contribution in [3.05, 3.63) is 82.8 Å². The van der Waals surface area contributed by atoms with Crippen LogP contribution in [0.1, 0.15) is 44.7 Å². The molecule has 32 heavy (non-hydrogen) atoms. The minimum Gasteiger partial charge on any atom is -0.444 e. The van der Waals surface area contributed by atoms with E-state index in [4.69, 9.17) is 4.74 Å². The summed E-state index contributed by atoms with van der Waals surface area (Å²) < 4.78 is 33.6. The lowest BCUT2D eigenvalue weighted by molar-refractivity contribution is 0.0514. The fourth-order valence-corrected chi connectivity index (χ4v) is 5.43. The number of carbonyl (C=O) groups excluding carboxylic acids is 1. The normalized spacial score (nSPS) is 18.8. The maximum atomic E-state index is 13.3. The van der Waals surface area contributed by atoms with Crippen LogP contribution in [0.2, 0.25) is 0 Å². The van der Waals surface area contributed by atoms with Crippen molar-refractivity contribution in [3.8, 4) is 0 Å². The van der Waals surface area contributed by atoms with Crippen LogP contribution in [0.5, 0.6) is 0 Å². The van der Waals surface area contributed by atoms with Crippen LogP contribution < -0.4 is 5.32 Å². The van der Waals surface area contributed by atoms with Crippen molar-refractivity contribution in [2.24, 2.45) is 0 Å². The molecular formula is C25H32N2O4S. The third-order valence-corrected chi connectivity index (χ3v) is 7.09. The Morgan fingerprint density at radius 3 is 2.25 bits per heavy atom. The number of hydrogen-bond donors (Lipinski definition) is 1. The summed E-state index contributed by atoms with van der Waals surface area (Å²) in [6.45, 7) is 6.21. The molecule has 172 valence electrons. The number of carbonyl (C=O) groups is 1. The SMILES string of the molecule is CC(C)(C)OC(=O)N[C@H](/C=C1\CCCN(Cc2ccccc2)S1(=O)=O)Cc1ccccc1. The quantitative estimate of drug-likeness (QED) is 0.688. The second kappa shape index (κ2) is 10.3. The van der Waals surface area contributed by atoms with Crippen LogP contribution in [0.25, 0.3) is 0 Å². The lowest BCUT2D eigenvalue weighted by atomic mass is 10.0. The van der Waals surface area contributed by atoms with Gasteiger partial charge in [0.15, 0.2) is 0 Å². The molecule has 1 amide bonds. The van der Waals surface area contributed by atoms with Crippen molar-refractivity contribution in [1.29, 1.82) is 0 Å². The molecule has 1 N–H and O–H groups in total. The highest BCUT2D eigenvalue weighted by Gasteiger charge is 2.32. The van der Waals surface area contributed by atoms with E-state index >= 15 is 0 Å². The average Bonchev–Trinajstić information content (AvgIpc) is 2.71. The molecule has 0 aromatic heterocycles. The molecule has 0 bridgehead atoms. The summed E-state index contributed by atoms with van der Waals surface area (Å²) >= 11 is 0. The molecule has 6 nitrogen and oxygen atoms in total. The van der Waals surface area contributed by atoms with Crippen LogP contribution in [0.3, 0.4) is 0 Å². The zero-order chi connectivity index (χ0) is 23.2. The van der Waals surface area contributed by atoms with Crippen LogP contribution in [0, 0.1) is 0 Å². The first-order chi connectivity index (χ1) is 15.1. The summed E-state index contributed by atoms with van der Waals surface area (Å²) in [5.41, 5.74) is 1.31. The van der Waals surface area contributed by atoms with Gasteiger partial charge in [-0.15, -0.1) is 0 Å². The number of allylic oxidation sites excluding steroid dienone is 1. The number of nitrogens with one attached hydrogen (secondary N) is 1. The lowest BCUT2D eigenvalue weighted by Crippen LogP contribution is -2.41. The third kappa shape index (κ3) is 6.93. The summed E-state index contributed by atoms with van der Waals surface area (Å²) in [7, 11) is -3.62. The van der Waals surface area contributed by atoms with Crippen molar-refractivity contribution in [2.45, 2.75) is 58.2 Å². The van der Waals surface area contributed by atoms with Crippen LogP contribution in [-0.4, -0.2) is 37.0 Å². The molecule has 1 fully saturated rings. The highest BCUT2D eigenvalue weighted by molar-refractivity contribution is 7.93. The molecule has 1 aliphatic heterocycles. The van der Waals surface area contributed by atoms with Gasteiger partial charge in [0.05, 0.1) is 10.9 Å². The highest BCUT2D eigenvalue weighted by Crippen LogP contribution is 2.27. The van der Waals surface area contributed by atoms with E-state index in [9.17, 15) is 13.2 Å². The van der Waals surface area contributed by atoms with E-state index in [1.165, 1.54) is 4.31 Å². The van der Waals surface area contributed by atoms with Crippen molar-refractivity contribution < 1.29 is 17.9 Å². The van der Waals surface area contributed by atoms with Crippen molar-refractivity contribution >= 4 is 16.1 Å². The van der Waals surface area contributed by atoms with E-state index in [1.807, 2.05) is 60.7 Å². The Hall–Kier alpha value is -2.64. The first-order valence-corrected chi connectivity index (χ1v) is 12.4. The highest BCUT2D eigenvalue weighted by atomic mass is 32.2. The van der Waals surface area contributed by atoms with E-state index in [1.54, 1.807) is 26.8 Å². The Labute approximate surface area is 191 Å². The van der Waals surface area contributed by atoms with Crippen molar-refractivity contribution in [3.63, 3.8) is 0 Å². The van der Waals surface area contributed by atoms with E-state index in [2.05, 4.69) is 5.32 Å². The summed E-state index contributed by atoms with van der Waals surface area (Å²) in [6, 6.07) is 18.8. The molecule has 1 atom stereocenters. The number of nitrogens with zero attached hydrogens (tertiary/aromatic N) is 1. The van der Waals surface area contributed by atoms with Crippen LogP contribution in [0.15, 0.2) is 71.6 Å². The maximum absolute atomic E-state index is 13.3. The van der Waals surface area contributed by atoms with Gasteiger partial charge >= 0.3 is 6.09 Å². The van der Waals surface area contributed by atoms with E-state index < -0.39 is 27.8 Å².